The third-order valence-corrected chi connectivity index (χ3v) is 3.98. The van der Waals surface area contributed by atoms with Crippen molar-refractivity contribution in [3.8, 4) is 0 Å². The molecule has 1 aromatic rings. The molecule has 0 saturated carbocycles. The molecule has 0 radical (unpaired) electrons. The van der Waals surface area contributed by atoms with Crippen LogP contribution < -0.4 is 5.32 Å². The summed E-state index contributed by atoms with van der Waals surface area (Å²) in [7, 11) is 0. The highest BCUT2D eigenvalue weighted by atomic mass is 16.5. The molecule has 2 unspecified atom stereocenters. The van der Waals surface area contributed by atoms with Gasteiger partial charge in [-0.15, -0.1) is 0 Å². The quantitative estimate of drug-likeness (QED) is 0.874. The molecule has 3 heterocycles. The van der Waals surface area contributed by atoms with Crippen LogP contribution in [0.2, 0.25) is 0 Å². The summed E-state index contributed by atoms with van der Waals surface area (Å²) >= 11 is 0. The van der Waals surface area contributed by atoms with Gasteiger partial charge in [-0.25, -0.2) is 0 Å². The van der Waals surface area contributed by atoms with Gasteiger partial charge in [-0.1, -0.05) is 18.0 Å². The molecule has 0 aromatic carbocycles. The first kappa shape index (κ1) is 12.1. The SMILES string of the molecule is CC1(c2nc(C3CCCCCN3)no2)CCCO1. The summed E-state index contributed by atoms with van der Waals surface area (Å²) in [5.74, 6) is 1.43. The van der Waals surface area contributed by atoms with E-state index in [1.54, 1.807) is 0 Å². The maximum atomic E-state index is 5.74. The molecule has 2 fully saturated rings. The number of nitrogens with one attached hydrogen (secondary N) is 1. The van der Waals surface area contributed by atoms with E-state index in [1.807, 2.05) is 6.92 Å². The topological polar surface area (TPSA) is 60.2 Å². The minimum absolute atomic E-state index is 0.245. The van der Waals surface area contributed by atoms with Gasteiger partial charge in [-0.3, -0.25) is 0 Å². The van der Waals surface area contributed by atoms with Crippen LogP contribution in [0.5, 0.6) is 0 Å². The molecule has 100 valence electrons. The van der Waals surface area contributed by atoms with Gasteiger partial charge in [0.15, 0.2) is 5.82 Å². The molecule has 2 aliphatic rings. The predicted molar refractivity (Wildman–Crippen MR) is 66.0 cm³/mol. The Morgan fingerprint density at radius 1 is 1.28 bits per heavy atom. The zero-order chi connectivity index (χ0) is 12.4. The van der Waals surface area contributed by atoms with Crippen molar-refractivity contribution in [2.45, 2.75) is 57.1 Å². The molecular weight excluding hydrogens is 230 g/mol. The van der Waals surface area contributed by atoms with Crippen LogP contribution >= 0.6 is 0 Å². The first-order valence-electron chi connectivity index (χ1n) is 6.99. The number of hydrogen-bond donors (Lipinski definition) is 1. The molecule has 5 nitrogen and oxygen atoms in total. The largest absolute Gasteiger partial charge is 0.365 e. The molecule has 3 rings (SSSR count). The van der Waals surface area contributed by atoms with Crippen LogP contribution in [0.15, 0.2) is 4.52 Å². The maximum Gasteiger partial charge on any atom is 0.258 e. The van der Waals surface area contributed by atoms with E-state index in [-0.39, 0.29) is 11.6 Å². The molecule has 0 amide bonds. The average Bonchev–Trinajstić information content (AvgIpc) is 2.94. The van der Waals surface area contributed by atoms with E-state index in [4.69, 9.17) is 9.26 Å². The van der Waals surface area contributed by atoms with Crippen LogP contribution in [-0.4, -0.2) is 23.3 Å². The lowest BCUT2D eigenvalue weighted by molar-refractivity contribution is -0.00937. The molecule has 2 saturated heterocycles. The van der Waals surface area contributed by atoms with Crippen LogP contribution in [0.4, 0.5) is 0 Å². The zero-order valence-corrected chi connectivity index (χ0v) is 10.9. The zero-order valence-electron chi connectivity index (χ0n) is 10.9. The average molecular weight is 251 g/mol. The smallest absolute Gasteiger partial charge is 0.258 e. The lowest BCUT2D eigenvalue weighted by atomic mass is 10.0. The van der Waals surface area contributed by atoms with Crippen LogP contribution in [0, 0.1) is 0 Å². The van der Waals surface area contributed by atoms with E-state index in [0.29, 0.717) is 5.89 Å². The van der Waals surface area contributed by atoms with Gasteiger partial charge in [0.2, 0.25) is 0 Å². The Hall–Kier alpha value is -0.940. The minimum atomic E-state index is -0.365. The molecule has 1 N–H and O–H groups in total. The third kappa shape index (κ3) is 2.29. The second-order valence-corrected chi connectivity index (χ2v) is 5.50. The summed E-state index contributed by atoms with van der Waals surface area (Å²) < 4.78 is 11.2. The van der Waals surface area contributed by atoms with Crippen molar-refractivity contribution in [2.24, 2.45) is 0 Å². The number of aromatic nitrogens is 2. The third-order valence-electron chi connectivity index (χ3n) is 3.98. The first-order chi connectivity index (χ1) is 8.78. The minimum Gasteiger partial charge on any atom is -0.365 e. The summed E-state index contributed by atoms with van der Waals surface area (Å²) in [4.78, 5) is 4.56. The van der Waals surface area contributed by atoms with E-state index < -0.39 is 0 Å². The van der Waals surface area contributed by atoms with Gasteiger partial charge in [0, 0.05) is 6.61 Å². The number of nitrogens with zero attached hydrogens (tertiary/aromatic N) is 2. The van der Waals surface area contributed by atoms with Crippen molar-refractivity contribution in [3.05, 3.63) is 11.7 Å². The lowest BCUT2D eigenvalue weighted by Gasteiger charge is -2.17. The molecular formula is C13H21N3O2. The predicted octanol–water partition coefficient (Wildman–Crippen LogP) is 2.30. The van der Waals surface area contributed by atoms with Gasteiger partial charge in [0.25, 0.3) is 5.89 Å². The summed E-state index contributed by atoms with van der Waals surface area (Å²) in [6.07, 6.45) is 6.88. The maximum absolute atomic E-state index is 5.74. The Labute approximate surface area is 107 Å². The van der Waals surface area contributed by atoms with Crippen molar-refractivity contribution >= 4 is 0 Å². The van der Waals surface area contributed by atoms with E-state index in [9.17, 15) is 0 Å². The fourth-order valence-corrected chi connectivity index (χ4v) is 2.79. The van der Waals surface area contributed by atoms with E-state index in [1.165, 1.54) is 19.3 Å². The van der Waals surface area contributed by atoms with Crippen molar-refractivity contribution < 1.29 is 9.26 Å². The highest BCUT2D eigenvalue weighted by molar-refractivity contribution is 5.02. The fraction of sp³-hybridized carbons (Fsp3) is 0.846. The highest BCUT2D eigenvalue weighted by Gasteiger charge is 2.38. The summed E-state index contributed by atoms with van der Waals surface area (Å²) in [5, 5.41) is 7.63. The van der Waals surface area contributed by atoms with Crippen molar-refractivity contribution in [1.82, 2.24) is 15.5 Å². The van der Waals surface area contributed by atoms with Crippen molar-refractivity contribution in [1.29, 1.82) is 0 Å². The van der Waals surface area contributed by atoms with Gasteiger partial charge < -0.3 is 14.6 Å². The van der Waals surface area contributed by atoms with E-state index >= 15 is 0 Å². The van der Waals surface area contributed by atoms with Gasteiger partial charge in [-0.2, -0.15) is 4.98 Å². The van der Waals surface area contributed by atoms with Crippen LogP contribution in [0.3, 0.4) is 0 Å². The monoisotopic (exact) mass is 251 g/mol. The molecule has 2 atom stereocenters. The molecule has 1 aromatic heterocycles. The molecule has 2 aliphatic heterocycles. The first-order valence-corrected chi connectivity index (χ1v) is 6.99. The van der Waals surface area contributed by atoms with E-state index in [2.05, 4.69) is 15.5 Å². The van der Waals surface area contributed by atoms with Gasteiger partial charge in [-0.05, 0) is 39.2 Å². The fourth-order valence-electron chi connectivity index (χ4n) is 2.79. The van der Waals surface area contributed by atoms with Crippen molar-refractivity contribution in [2.75, 3.05) is 13.2 Å². The molecule has 0 bridgehead atoms. The Bertz CT molecular complexity index is 391. The van der Waals surface area contributed by atoms with Gasteiger partial charge in [0.05, 0.1) is 6.04 Å². The standard InChI is InChI=1S/C13H21N3O2/c1-13(7-5-9-17-13)12-15-11(16-18-12)10-6-3-2-4-8-14-10/h10,14H,2-9H2,1H3. The van der Waals surface area contributed by atoms with Gasteiger partial charge >= 0.3 is 0 Å². The number of hydrogen-bond acceptors (Lipinski definition) is 5. The Morgan fingerprint density at radius 3 is 3.06 bits per heavy atom. The second kappa shape index (κ2) is 4.97. The number of ether oxygens (including phenoxy) is 1. The van der Waals surface area contributed by atoms with E-state index in [0.717, 1.165) is 38.2 Å². The Balaban J connectivity index is 1.76. The van der Waals surface area contributed by atoms with Crippen LogP contribution in [0.1, 0.15) is 63.2 Å². The summed E-state index contributed by atoms with van der Waals surface area (Å²) in [6.45, 7) is 3.87. The molecule has 5 heteroatoms. The van der Waals surface area contributed by atoms with Crippen molar-refractivity contribution in [3.63, 3.8) is 0 Å². The molecule has 0 aliphatic carbocycles. The summed E-state index contributed by atoms with van der Waals surface area (Å²) in [6, 6.07) is 0.245. The molecule has 0 spiro atoms. The number of rotatable bonds is 2. The van der Waals surface area contributed by atoms with Crippen LogP contribution in [-0.2, 0) is 10.3 Å². The lowest BCUT2D eigenvalue weighted by Crippen LogP contribution is -2.23. The summed E-state index contributed by atoms with van der Waals surface area (Å²) in [5.41, 5.74) is -0.365. The Morgan fingerprint density at radius 2 is 2.22 bits per heavy atom. The second-order valence-electron chi connectivity index (χ2n) is 5.50. The van der Waals surface area contributed by atoms with Gasteiger partial charge in [0.1, 0.15) is 5.60 Å². The molecule has 18 heavy (non-hydrogen) atoms. The highest BCUT2D eigenvalue weighted by Crippen LogP contribution is 2.35. The Kier molecular flexibility index (Phi) is 3.35. The van der Waals surface area contributed by atoms with Crippen LogP contribution in [0.25, 0.3) is 0 Å². The normalized spacial score (nSPS) is 33.5.